The molecule has 12 heteroatoms. The summed E-state index contributed by atoms with van der Waals surface area (Å²) in [6, 6.07) is 11.8. The number of imide groups is 1. The van der Waals surface area contributed by atoms with Crippen LogP contribution in [0, 0.1) is 5.92 Å². The van der Waals surface area contributed by atoms with Gasteiger partial charge in [0.1, 0.15) is 0 Å². The molecule has 1 aromatic heterocycles. The molecule has 7 nitrogen and oxygen atoms in total. The minimum absolute atomic E-state index is 0.117. The number of aromatic hydroxyl groups is 1. The summed E-state index contributed by atoms with van der Waals surface area (Å²) in [5.74, 6) is -3.29. The molecule has 0 radical (unpaired) electrons. The van der Waals surface area contributed by atoms with Gasteiger partial charge in [0.2, 0.25) is 0 Å². The lowest BCUT2D eigenvalue weighted by atomic mass is 9.56. The number of pyridine rings is 1. The number of hydrogen-bond donors (Lipinski definition) is 2. The molecule has 1 aliphatic heterocycles. The summed E-state index contributed by atoms with van der Waals surface area (Å²) in [4.78, 5) is 32.3. The largest absolute Gasteiger partial charge is 0.504 e. The first kappa shape index (κ1) is 28.5. The molecule has 5 rings (SSSR count). The summed E-state index contributed by atoms with van der Waals surface area (Å²) in [6.07, 6.45) is -0.558. The van der Waals surface area contributed by atoms with Crippen molar-refractivity contribution in [1.29, 1.82) is 0 Å². The number of fused-ring (bicyclic) bond motifs is 1. The standard InChI is InChI=1S/C29H22Cl2F3N3O4/c1-3-15-4-10-20-26(39)37(36-25-21(31)13-18(14-35-25)29(32,33)34)27(40)28(20,17-6-8-19(30)9-7-17)24(15)16-5-11-22(38)23(12-16)41-2/h3-9,11-14,20,24,38H,1,10H2,2H3,(H,35,36). The lowest BCUT2D eigenvalue weighted by Crippen LogP contribution is -2.48. The number of rotatable bonds is 6. The van der Waals surface area contributed by atoms with Crippen LogP contribution in [0.15, 0.2) is 79.0 Å². The molecular formula is C29H22Cl2F3N3O4. The molecule has 1 aliphatic carbocycles. The second-order valence-corrected chi connectivity index (χ2v) is 10.4. The van der Waals surface area contributed by atoms with Gasteiger partial charge in [-0.15, -0.1) is 0 Å². The number of hydrogen-bond acceptors (Lipinski definition) is 6. The Bertz CT molecular complexity index is 1590. The van der Waals surface area contributed by atoms with Gasteiger partial charge in [0.25, 0.3) is 11.8 Å². The molecule has 2 aromatic carbocycles. The number of nitrogens with zero attached hydrogens (tertiary/aromatic N) is 2. The maximum atomic E-state index is 14.6. The number of methoxy groups -OCH3 is 1. The molecule has 0 saturated carbocycles. The van der Waals surface area contributed by atoms with E-state index in [1.54, 1.807) is 42.5 Å². The number of allylic oxidation sites excluding steroid dienone is 3. The number of aromatic nitrogens is 1. The van der Waals surface area contributed by atoms with Gasteiger partial charge in [0, 0.05) is 17.1 Å². The number of benzene rings is 2. The summed E-state index contributed by atoms with van der Waals surface area (Å²) in [6.45, 7) is 3.93. The number of phenolic OH excluding ortho intramolecular Hbond substituents is 1. The van der Waals surface area contributed by atoms with Gasteiger partial charge in [-0.25, -0.2) is 4.98 Å². The monoisotopic (exact) mass is 603 g/mol. The van der Waals surface area contributed by atoms with E-state index in [2.05, 4.69) is 17.0 Å². The van der Waals surface area contributed by atoms with Crippen molar-refractivity contribution in [3.05, 3.63) is 106 Å². The number of phenols is 1. The van der Waals surface area contributed by atoms with Gasteiger partial charge in [-0.3, -0.25) is 15.0 Å². The number of ether oxygens (including phenoxy) is 1. The van der Waals surface area contributed by atoms with Crippen LogP contribution in [0.5, 0.6) is 11.5 Å². The minimum atomic E-state index is -4.69. The molecule has 41 heavy (non-hydrogen) atoms. The SMILES string of the molecule is C=CC1=CCC2C(=O)N(Nc3ncc(C(F)(F)F)cc3Cl)C(=O)C2(c2ccc(Cl)cc2)C1c1ccc(O)c(OC)c1. The highest BCUT2D eigenvalue weighted by Gasteiger charge is 2.66. The summed E-state index contributed by atoms with van der Waals surface area (Å²) >= 11 is 12.3. The Morgan fingerprint density at radius 3 is 2.49 bits per heavy atom. The summed E-state index contributed by atoms with van der Waals surface area (Å²) in [5.41, 5.74) is 1.62. The highest BCUT2D eigenvalue weighted by atomic mass is 35.5. The lowest BCUT2D eigenvalue weighted by Gasteiger charge is -2.43. The summed E-state index contributed by atoms with van der Waals surface area (Å²) in [5, 5.41) is 11.0. The number of anilines is 1. The second kappa shape index (κ2) is 10.4. The molecule has 1 fully saturated rings. The van der Waals surface area contributed by atoms with Crippen molar-refractivity contribution in [2.24, 2.45) is 5.92 Å². The predicted octanol–water partition coefficient (Wildman–Crippen LogP) is 6.67. The number of halogens is 5. The molecule has 2 heterocycles. The Labute approximate surface area is 242 Å². The third kappa shape index (κ3) is 4.61. The minimum Gasteiger partial charge on any atom is -0.504 e. The van der Waals surface area contributed by atoms with Crippen LogP contribution in [-0.2, 0) is 21.2 Å². The molecule has 3 atom stereocenters. The summed E-state index contributed by atoms with van der Waals surface area (Å²) in [7, 11) is 1.39. The molecule has 2 aliphatic rings. The van der Waals surface area contributed by atoms with Crippen LogP contribution in [0.25, 0.3) is 0 Å². The molecular weight excluding hydrogens is 582 g/mol. The van der Waals surface area contributed by atoms with Gasteiger partial charge in [-0.1, -0.05) is 60.1 Å². The fourth-order valence-electron chi connectivity index (χ4n) is 5.67. The van der Waals surface area contributed by atoms with E-state index >= 15 is 0 Å². The van der Waals surface area contributed by atoms with Crippen LogP contribution in [0.4, 0.5) is 19.0 Å². The zero-order valence-corrected chi connectivity index (χ0v) is 22.9. The normalized spacial score (nSPS) is 22.3. The smallest absolute Gasteiger partial charge is 0.417 e. The van der Waals surface area contributed by atoms with Crippen LogP contribution < -0.4 is 10.2 Å². The quantitative estimate of drug-likeness (QED) is 0.306. The zero-order chi connectivity index (χ0) is 29.7. The van der Waals surface area contributed by atoms with Crippen LogP contribution in [0.3, 0.4) is 0 Å². The summed E-state index contributed by atoms with van der Waals surface area (Å²) < 4.78 is 44.8. The molecule has 0 bridgehead atoms. The second-order valence-electron chi connectivity index (χ2n) is 9.58. The predicted molar refractivity (Wildman–Crippen MR) is 147 cm³/mol. The number of alkyl halides is 3. The Kier molecular flexibility index (Phi) is 7.25. The first-order valence-corrected chi connectivity index (χ1v) is 13.0. The molecule has 2 amide bonds. The third-order valence-electron chi connectivity index (χ3n) is 7.48. The van der Waals surface area contributed by atoms with Gasteiger partial charge >= 0.3 is 6.18 Å². The van der Waals surface area contributed by atoms with Gasteiger partial charge in [-0.05, 0) is 53.5 Å². The molecule has 212 valence electrons. The number of nitrogens with one attached hydrogen (secondary N) is 1. The molecule has 2 N–H and O–H groups in total. The average Bonchev–Trinajstić information content (AvgIpc) is 3.15. The fourth-order valence-corrected chi connectivity index (χ4v) is 6.00. The lowest BCUT2D eigenvalue weighted by molar-refractivity contribution is -0.139. The Morgan fingerprint density at radius 1 is 1.17 bits per heavy atom. The molecule has 3 unspecified atom stereocenters. The van der Waals surface area contributed by atoms with E-state index in [1.807, 2.05) is 6.08 Å². The van der Waals surface area contributed by atoms with E-state index < -0.39 is 45.8 Å². The molecule has 3 aromatic rings. The van der Waals surface area contributed by atoms with Crippen molar-refractivity contribution in [2.45, 2.75) is 23.9 Å². The topological polar surface area (TPSA) is 91.8 Å². The highest BCUT2D eigenvalue weighted by Crippen LogP contribution is 2.58. The van der Waals surface area contributed by atoms with E-state index in [1.165, 1.54) is 13.2 Å². The van der Waals surface area contributed by atoms with Gasteiger partial charge in [0.05, 0.1) is 29.0 Å². The van der Waals surface area contributed by atoms with E-state index in [0.717, 1.165) is 5.01 Å². The van der Waals surface area contributed by atoms with Gasteiger partial charge in [-0.2, -0.15) is 18.2 Å². The van der Waals surface area contributed by atoms with Gasteiger partial charge in [0.15, 0.2) is 17.3 Å². The fraction of sp³-hybridized carbons (Fsp3) is 0.207. The Balaban J connectivity index is 1.70. The van der Waals surface area contributed by atoms with E-state index in [0.29, 0.717) is 34.0 Å². The third-order valence-corrected chi connectivity index (χ3v) is 8.02. The average molecular weight is 604 g/mol. The van der Waals surface area contributed by atoms with Crippen LogP contribution in [0.2, 0.25) is 10.0 Å². The van der Waals surface area contributed by atoms with Crippen LogP contribution in [0.1, 0.15) is 29.0 Å². The van der Waals surface area contributed by atoms with Crippen molar-refractivity contribution in [2.75, 3.05) is 12.5 Å². The van der Waals surface area contributed by atoms with Crippen molar-refractivity contribution in [1.82, 2.24) is 9.99 Å². The van der Waals surface area contributed by atoms with E-state index in [4.69, 9.17) is 27.9 Å². The highest BCUT2D eigenvalue weighted by molar-refractivity contribution is 6.33. The molecule has 0 spiro atoms. The van der Waals surface area contributed by atoms with Crippen LogP contribution >= 0.6 is 23.2 Å². The Morgan fingerprint density at radius 2 is 1.88 bits per heavy atom. The van der Waals surface area contributed by atoms with Crippen LogP contribution in [-0.4, -0.2) is 34.0 Å². The first-order chi connectivity index (χ1) is 19.4. The Hall–Kier alpha value is -4.02. The van der Waals surface area contributed by atoms with Crippen molar-refractivity contribution >= 4 is 40.8 Å². The first-order valence-electron chi connectivity index (χ1n) is 12.3. The maximum absolute atomic E-state index is 14.6. The van der Waals surface area contributed by atoms with Crippen molar-refractivity contribution < 1.29 is 32.6 Å². The zero-order valence-electron chi connectivity index (χ0n) is 21.4. The molecule has 1 saturated heterocycles. The number of hydrazine groups is 1. The van der Waals surface area contributed by atoms with Gasteiger partial charge < -0.3 is 9.84 Å². The number of amides is 2. The van der Waals surface area contributed by atoms with E-state index in [-0.39, 0.29) is 23.7 Å². The number of carbonyl (C=O) groups is 2. The van der Waals surface area contributed by atoms with Crippen molar-refractivity contribution in [3.63, 3.8) is 0 Å². The van der Waals surface area contributed by atoms with Crippen molar-refractivity contribution in [3.8, 4) is 11.5 Å². The van der Waals surface area contributed by atoms with E-state index in [9.17, 15) is 27.9 Å². The maximum Gasteiger partial charge on any atom is 0.417 e. The number of carbonyl (C=O) groups excluding carboxylic acids is 2.